The maximum absolute atomic E-state index is 12.9. The van der Waals surface area contributed by atoms with E-state index >= 15 is 0 Å². The van der Waals surface area contributed by atoms with Crippen molar-refractivity contribution >= 4 is 7.60 Å². The third-order valence-corrected chi connectivity index (χ3v) is 6.63. The number of phenolic OH excluding ortho intramolecular Hbond substituents is 2. The molecule has 174 valence electrons. The van der Waals surface area contributed by atoms with Gasteiger partial charge < -0.3 is 19.3 Å². The van der Waals surface area contributed by atoms with Crippen LogP contribution in [0.2, 0.25) is 0 Å². The Morgan fingerprint density at radius 1 is 0.806 bits per heavy atom. The molecule has 0 aliphatic heterocycles. The minimum Gasteiger partial charge on any atom is -0.508 e. The van der Waals surface area contributed by atoms with Crippen molar-refractivity contribution in [3.63, 3.8) is 0 Å². The largest absolute Gasteiger partial charge is 0.508 e. The molecule has 31 heavy (non-hydrogen) atoms. The van der Waals surface area contributed by atoms with Gasteiger partial charge in [-0.3, -0.25) is 4.57 Å². The van der Waals surface area contributed by atoms with E-state index in [0.717, 1.165) is 16.7 Å². The van der Waals surface area contributed by atoms with Crippen LogP contribution in [0.3, 0.4) is 0 Å². The third kappa shape index (κ3) is 8.68. The number of hydrogen-bond donors (Lipinski definition) is 2. The normalized spacial score (nSPS) is 12.3. The first-order valence-electron chi connectivity index (χ1n) is 10.7. The molecule has 2 aromatic rings. The Morgan fingerprint density at radius 2 is 1.23 bits per heavy atom. The van der Waals surface area contributed by atoms with E-state index < -0.39 is 7.60 Å². The lowest BCUT2D eigenvalue weighted by atomic mass is 9.78. The molecular weight excluding hydrogens is 411 g/mol. The minimum atomic E-state index is -3.18. The van der Waals surface area contributed by atoms with E-state index in [1.54, 1.807) is 24.3 Å². The number of phenols is 2. The molecule has 0 radical (unpaired) electrons. The first kappa shape index (κ1) is 27.2. The van der Waals surface area contributed by atoms with Crippen LogP contribution in [0.1, 0.15) is 72.1 Å². The van der Waals surface area contributed by atoms with Gasteiger partial charge in [-0.15, -0.1) is 0 Å². The van der Waals surface area contributed by atoms with Gasteiger partial charge in [0.1, 0.15) is 11.5 Å². The van der Waals surface area contributed by atoms with E-state index in [1.807, 2.05) is 32.0 Å². The number of benzene rings is 2. The van der Waals surface area contributed by atoms with Gasteiger partial charge in [-0.05, 0) is 53.5 Å². The van der Waals surface area contributed by atoms with Crippen LogP contribution in [0.5, 0.6) is 11.5 Å². The topological polar surface area (TPSA) is 76.0 Å². The lowest BCUT2D eigenvalue weighted by molar-refractivity contribution is 0.219. The molecule has 2 rings (SSSR count). The van der Waals surface area contributed by atoms with Crippen LogP contribution in [0.4, 0.5) is 0 Å². The SMILES string of the molecule is CCOP(=O)(Cc1cc(C(C)(C)C)c(O)c(C(C)(C)C)c1)OCC.Oc1ccccc1. The molecule has 0 heterocycles. The molecule has 0 amide bonds. The number of hydrogen-bond acceptors (Lipinski definition) is 5. The molecule has 0 saturated carbocycles. The fourth-order valence-corrected chi connectivity index (χ4v) is 4.78. The molecule has 0 spiro atoms. The minimum absolute atomic E-state index is 0.209. The third-order valence-electron chi connectivity index (χ3n) is 4.57. The highest BCUT2D eigenvalue weighted by molar-refractivity contribution is 7.53. The van der Waals surface area contributed by atoms with Gasteiger partial charge in [-0.2, -0.15) is 0 Å². The summed E-state index contributed by atoms with van der Waals surface area (Å²) in [6.45, 7) is 16.7. The molecule has 6 heteroatoms. The second-order valence-electron chi connectivity index (χ2n) is 9.48. The van der Waals surface area contributed by atoms with Gasteiger partial charge in [0.2, 0.25) is 0 Å². The van der Waals surface area contributed by atoms with Crippen molar-refractivity contribution in [2.45, 2.75) is 72.4 Å². The average Bonchev–Trinajstić information content (AvgIpc) is 2.62. The molecule has 0 atom stereocenters. The Labute approximate surface area is 188 Å². The summed E-state index contributed by atoms with van der Waals surface area (Å²) in [4.78, 5) is 0. The summed E-state index contributed by atoms with van der Waals surface area (Å²) < 4.78 is 23.7. The zero-order valence-electron chi connectivity index (χ0n) is 20.2. The van der Waals surface area contributed by atoms with Gasteiger partial charge in [-0.1, -0.05) is 71.9 Å². The summed E-state index contributed by atoms with van der Waals surface area (Å²) in [5.74, 6) is 0.643. The summed E-state index contributed by atoms with van der Waals surface area (Å²) >= 11 is 0. The zero-order valence-corrected chi connectivity index (χ0v) is 21.1. The van der Waals surface area contributed by atoms with Crippen LogP contribution in [0.25, 0.3) is 0 Å². The van der Waals surface area contributed by atoms with E-state index in [2.05, 4.69) is 41.5 Å². The van der Waals surface area contributed by atoms with E-state index in [9.17, 15) is 9.67 Å². The molecule has 0 unspecified atom stereocenters. The Kier molecular flexibility index (Phi) is 9.81. The predicted octanol–water partition coefficient (Wildman–Crippen LogP) is 7.15. The van der Waals surface area contributed by atoms with Crippen molar-refractivity contribution in [2.24, 2.45) is 0 Å². The second-order valence-corrected chi connectivity index (χ2v) is 11.5. The zero-order chi connectivity index (χ0) is 23.9. The highest BCUT2D eigenvalue weighted by Crippen LogP contribution is 2.52. The molecule has 0 aliphatic carbocycles. The molecule has 2 aromatic carbocycles. The molecule has 0 fully saturated rings. The van der Waals surface area contributed by atoms with E-state index in [-0.39, 0.29) is 17.0 Å². The predicted molar refractivity (Wildman–Crippen MR) is 128 cm³/mol. The van der Waals surface area contributed by atoms with Gasteiger partial charge in [0.05, 0.1) is 19.4 Å². The van der Waals surface area contributed by atoms with E-state index in [1.165, 1.54) is 0 Å². The summed E-state index contributed by atoms with van der Waals surface area (Å²) in [6, 6.07) is 12.6. The van der Waals surface area contributed by atoms with E-state index in [0.29, 0.717) is 24.7 Å². The monoisotopic (exact) mass is 450 g/mol. The van der Waals surface area contributed by atoms with Crippen LogP contribution in [-0.2, 0) is 30.6 Å². The lowest BCUT2D eigenvalue weighted by Crippen LogP contribution is -2.18. The Bertz CT molecular complexity index is 819. The molecule has 0 aliphatic rings. The standard InChI is InChI=1S/C19H33O4P.C6H6O/c1-9-22-24(21,23-10-2)13-14-11-15(18(3,4)5)17(20)16(12-14)19(6,7)8;7-6-4-2-1-3-5-6/h11-12,20H,9-10,13H2,1-8H3;1-5,7H. The Balaban J connectivity index is 0.000000577. The van der Waals surface area contributed by atoms with Gasteiger partial charge in [0.15, 0.2) is 0 Å². The first-order chi connectivity index (χ1) is 14.2. The molecule has 2 N–H and O–H groups in total. The molecule has 0 aromatic heterocycles. The molecular formula is C25H39O5P. The van der Waals surface area contributed by atoms with Gasteiger partial charge in [0.25, 0.3) is 0 Å². The first-order valence-corrected chi connectivity index (χ1v) is 12.4. The average molecular weight is 451 g/mol. The van der Waals surface area contributed by atoms with Crippen LogP contribution >= 0.6 is 7.60 Å². The maximum atomic E-state index is 12.9. The smallest absolute Gasteiger partial charge is 0.335 e. The van der Waals surface area contributed by atoms with Crippen molar-refractivity contribution in [3.05, 3.63) is 59.2 Å². The summed E-state index contributed by atoms with van der Waals surface area (Å²) in [7, 11) is -3.18. The Morgan fingerprint density at radius 3 is 1.52 bits per heavy atom. The van der Waals surface area contributed by atoms with E-state index in [4.69, 9.17) is 14.2 Å². The van der Waals surface area contributed by atoms with Crippen molar-refractivity contribution in [1.29, 1.82) is 0 Å². The number of rotatable bonds is 6. The van der Waals surface area contributed by atoms with Gasteiger partial charge in [0, 0.05) is 0 Å². The van der Waals surface area contributed by atoms with Crippen LogP contribution < -0.4 is 0 Å². The summed E-state index contributed by atoms with van der Waals surface area (Å²) in [5, 5.41) is 19.4. The van der Waals surface area contributed by atoms with Gasteiger partial charge in [-0.25, -0.2) is 0 Å². The van der Waals surface area contributed by atoms with Crippen molar-refractivity contribution in [2.75, 3.05) is 13.2 Å². The van der Waals surface area contributed by atoms with Crippen LogP contribution in [0, 0.1) is 0 Å². The van der Waals surface area contributed by atoms with Crippen LogP contribution in [-0.4, -0.2) is 23.4 Å². The molecule has 0 bridgehead atoms. The van der Waals surface area contributed by atoms with Crippen molar-refractivity contribution in [3.8, 4) is 11.5 Å². The lowest BCUT2D eigenvalue weighted by Gasteiger charge is -2.29. The van der Waals surface area contributed by atoms with Crippen molar-refractivity contribution < 1.29 is 23.8 Å². The van der Waals surface area contributed by atoms with Crippen molar-refractivity contribution in [1.82, 2.24) is 0 Å². The fourth-order valence-electron chi connectivity index (χ4n) is 3.10. The van der Waals surface area contributed by atoms with Gasteiger partial charge >= 0.3 is 7.60 Å². The highest BCUT2D eigenvalue weighted by atomic mass is 31.2. The molecule has 5 nitrogen and oxygen atoms in total. The maximum Gasteiger partial charge on any atom is 0.335 e. The second kappa shape index (κ2) is 11.2. The fraction of sp³-hybridized carbons (Fsp3) is 0.520. The number of para-hydroxylation sites is 1. The Hall–Kier alpha value is -1.81. The molecule has 0 saturated heterocycles. The summed E-state index contributed by atoms with van der Waals surface area (Å²) in [6.07, 6.45) is 0.209. The summed E-state index contributed by atoms with van der Waals surface area (Å²) in [5.41, 5.74) is 2.13. The van der Waals surface area contributed by atoms with Crippen LogP contribution in [0.15, 0.2) is 42.5 Å². The highest BCUT2D eigenvalue weighted by Gasteiger charge is 2.30. The quantitative estimate of drug-likeness (QED) is 0.457. The number of aromatic hydroxyl groups is 2.